The van der Waals surface area contributed by atoms with Crippen LogP contribution in [0.2, 0.25) is 0 Å². The molecule has 48 heavy (non-hydrogen) atoms. The fourth-order valence-electron chi connectivity index (χ4n) is 3.99. The molecule has 1 heterocycles. The molecular weight excluding hydrogens is 726 g/mol. The van der Waals surface area contributed by atoms with E-state index in [0.29, 0.717) is 11.5 Å². The molecule has 0 aliphatic carbocycles. The van der Waals surface area contributed by atoms with Gasteiger partial charge < -0.3 is 27.7 Å². The van der Waals surface area contributed by atoms with Gasteiger partial charge in [-0.15, -0.1) is 12.1 Å². The second kappa shape index (κ2) is 21.3. The molecule has 12 heteroatoms. The molecule has 0 aliphatic rings. The Bertz CT molecular complexity index is 1630. The Hall–Kier alpha value is -3.69. The maximum absolute atomic E-state index is 12.8. The van der Waals surface area contributed by atoms with Gasteiger partial charge in [0.15, 0.2) is 0 Å². The van der Waals surface area contributed by atoms with Gasteiger partial charge in [0.2, 0.25) is 0 Å². The third-order valence-corrected chi connectivity index (χ3v) is 7.87. The van der Waals surface area contributed by atoms with Crippen molar-refractivity contribution in [3.63, 3.8) is 0 Å². The van der Waals surface area contributed by atoms with Gasteiger partial charge in [0.05, 0.1) is 0 Å². The number of aromatic nitrogens is 1. The molecule has 5 aromatic rings. The number of nitrogens with one attached hydrogen (secondary N) is 1. The van der Waals surface area contributed by atoms with Gasteiger partial charge in [0.1, 0.15) is 10.0 Å². The van der Waals surface area contributed by atoms with Crippen LogP contribution in [-0.4, -0.2) is 20.7 Å². The van der Waals surface area contributed by atoms with Crippen LogP contribution in [-0.2, 0) is 29.5 Å². The molecule has 0 unspecified atom stereocenters. The summed E-state index contributed by atoms with van der Waals surface area (Å²) < 4.78 is 68.8. The van der Waals surface area contributed by atoms with E-state index in [9.17, 15) is 25.7 Å². The van der Waals surface area contributed by atoms with Crippen LogP contribution >= 0.6 is 0 Å². The average Bonchev–Trinajstić information content (AvgIpc) is 3.05. The van der Waals surface area contributed by atoms with E-state index in [2.05, 4.69) is 54.7 Å². The number of sulfonamides is 1. The van der Waals surface area contributed by atoms with Gasteiger partial charge in [0, 0.05) is 17.3 Å². The Kier molecular flexibility index (Phi) is 18.8. The van der Waals surface area contributed by atoms with Crippen molar-refractivity contribution in [2.75, 3.05) is 0 Å². The molecular formula is C36H39BF4N3O2RuS. The molecule has 1 aromatic heterocycles. The summed E-state index contributed by atoms with van der Waals surface area (Å²) in [6.45, 7) is 8.44. The Balaban J connectivity index is 0.000000425. The van der Waals surface area contributed by atoms with Crippen LogP contribution in [0.5, 0.6) is 0 Å². The molecule has 0 bridgehead atoms. The van der Waals surface area contributed by atoms with Crippen molar-refractivity contribution < 1.29 is 45.2 Å². The van der Waals surface area contributed by atoms with Crippen molar-refractivity contribution in [2.24, 2.45) is 0 Å². The molecule has 1 N–H and O–H groups in total. The number of pyridine rings is 1. The summed E-state index contributed by atoms with van der Waals surface area (Å²) in [6, 6.07) is 37.7. The van der Waals surface area contributed by atoms with E-state index in [1.165, 1.54) is 11.1 Å². The Morgan fingerprint density at radius 2 is 1.02 bits per heavy atom. The number of nitrogens with zero attached hydrogens (tertiary/aromatic N) is 2. The maximum atomic E-state index is 12.8. The maximum Gasteiger partial charge on any atom is 3.00 e. The normalized spacial score (nSPS) is 12.0. The summed E-state index contributed by atoms with van der Waals surface area (Å²) >= 11 is 0. The van der Waals surface area contributed by atoms with Gasteiger partial charge in [-0.1, -0.05) is 139 Å². The second-order valence-corrected chi connectivity index (χ2v) is 12.4. The number of hydrogen-bond acceptors (Lipinski definition) is 3. The Labute approximate surface area is 295 Å². The van der Waals surface area contributed by atoms with E-state index >= 15 is 0 Å². The van der Waals surface area contributed by atoms with Crippen LogP contribution in [0, 0.1) is 13.8 Å². The number of aryl methyl sites for hydroxylation is 2. The Morgan fingerprint density at radius 3 is 1.40 bits per heavy atom. The van der Waals surface area contributed by atoms with Crippen LogP contribution in [0.25, 0.3) is 10.5 Å². The summed E-state index contributed by atoms with van der Waals surface area (Å²) in [5, 5.41) is 0. The van der Waals surface area contributed by atoms with Crippen molar-refractivity contribution in [2.45, 2.75) is 50.6 Å². The zero-order valence-corrected chi connectivity index (χ0v) is 29.6. The summed E-state index contributed by atoms with van der Waals surface area (Å²) in [6.07, 6.45) is 3.50. The zero-order valence-electron chi connectivity index (χ0n) is 27.1. The quantitative estimate of drug-likeness (QED) is 0.122. The predicted molar refractivity (Wildman–Crippen MR) is 184 cm³/mol. The first kappa shape index (κ1) is 42.3. The van der Waals surface area contributed by atoms with Crippen molar-refractivity contribution in [3.05, 3.63) is 178 Å². The third kappa shape index (κ3) is 16.9. The molecule has 5 rings (SSSR count). The third-order valence-electron chi connectivity index (χ3n) is 6.50. The van der Waals surface area contributed by atoms with E-state index < -0.39 is 29.4 Å². The van der Waals surface area contributed by atoms with Gasteiger partial charge >= 0.3 is 26.7 Å². The molecule has 0 spiro atoms. The molecule has 4 aromatic carbocycles. The molecule has 5 nitrogen and oxygen atoms in total. The topological polar surface area (TPSA) is 84.9 Å². The van der Waals surface area contributed by atoms with Crippen molar-refractivity contribution in [1.82, 2.24) is 4.98 Å². The molecule has 255 valence electrons. The molecule has 0 saturated carbocycles. The number of rotatable bonds is 7. The molecule has 0 aliphatic heterocycles. The first-order valence-electron chi connectivity index (χ1n) is 14.8. The minimum atomic E-state index is -6.00. The van der Waals surface area contributed by atoms with Gasteiger partial charge in [-0.2, -0.15) is 0 Å². The van der Waals surface area contributed by atoms with Crippen molar-refractivity contribution in [3.8, 4) is 0 Å². The van der Waals surface area contributed by atoms with Crippen molar-refractivity contribution >= 4 is 17.3 Å². The van der Waals surface area contributed by atoms with Crippen LogP contribution < -0.4 is 0 Å². The first-order chi connectivity index (χ1) is 22.2. The van der Waals surface area contributed by atoms with E-state index in [4.69, 9.17) is 5.73 Å². The van der Waals surface area contributed by atoms with Crippen LogP contribution in [0.15, 0.2) is 145 Å². The second-order valence-electron chi connectivity index (χ2n) is 10.7. The fraction of sp³-hybridized carbons (Fsp3) is 0.194. The number of hydrogen-bond donors (Lipinski definition) is 0. The van der Waals surface area contributed by atoms with Crippen LogP contribution in [0.1, 0.15) is 59.7 Å². The van der Waals surface area contributed by atoms with E-state index in [0.717, 1.165) is 11.1 Å². The summed E-state index contributed by atoms with van der Waals surface area (Å²) in [5.74, 6) is 0.653. The van der Waals surface area contributed by atoms with Gasteiger partial charge in [-0.25, -0.2) is 8.42 Å². The molecule has 0 amide bonds. The van der Waals surface area contributed by atoms with Crippen LogP contribution in [0.4, 0.5) is 17.3 Å². The standard InChI is InChI=1S/C21H20N2O2S.C10H14.C5H5N.BF4.Ru/c1-16-12-14-19(15-13-16)26(24,25)23-21(18-10-6-3-7-11-18)20(22)17-8-4-2-5-9-17;1-8(2)10-6-4-9(3)5-7-10;1-2-4-6-5-3-1;2-1(3,4)5;/h2-15,20-22H,1H3;4-8H,1-3H3;1-5H;;/q-2;;;-1;+3/t20-,21-;;;;/m1..../s1. The van der Waals surface area contributed by atoms with Gasteiger partial charge in [0.25, 0.3) is 0 Å². The first-order valence-corrected chi connectivity index (χ1v) is 16.2. The Morgan fingerprint density at radius 1 is 0.625 bits per heavy atom. The summed E-state index contributed by atoms with van der Waals surface area (Å²) in [5.41, 5.74) is 13.8. The van der Waals surface area contributed by atoms with E-state index in [-0.39, 0.29) is 24.4 Å². The number of benzene rings is 4. The van der Waals surface area contributed by atoms with Crippen LogP contribution in [0.3, 0.4) is 0 Å². The monoisotopic (exact) mass is 766 g/mol. The molecule has 1 radical (unpaired) electrons. The SMILES string of the molecule is Cc1ccc(C(C)C)cc1.Cc1ccc(S(=O)(=O)[N-][C@H](c2ccccc2)[C@H]([NH-])c2ccccc2)cc1.F[B-](F)(F)F.[Ru+3].c1ccncc1. The largest absolute Gasteiger partial charge is 3.00 e. The van der Waals surface area contributed by atoms with E-state index in [1.807, 2.05) is 85.8 Å². The van der Waals surface area contributed by atoms with Gasteiger partial charge in [-0.05, 0) is 49.6 Å². The fourth-order valence-corrected chi connectivity index (χ4v) is 5.14. The number of halogens is 4. The molecule has 2 atom stereocenters. The average molecular weight is 766 g/mol. The minimum Gasteiger partial charge on any atom is -0.672 e. The van der Waals surface area contributed by atoms with Crippen molar-refractivity contribution in [1.29, 1.82) is 0 Å². The van der Waals surface area contributed by atoms with E-state index in [1.54, 1.807) is 36.7 Å². The summed E-state index contributed by atoms with van der Waals surface area (Å²) in [7, 11) is -9.87. The zero-order chi connectivity index (χ0) is 34.9. The smallest absolute Gasteiger partial charge is 0.672 e. The molecule has 0 saturated heterocycles. The summed E-state index contributed by atoms with van der Waals surface area (Å²) in [4.78, 5) is 3.93. The minimum absolute atomic E-state index is 0. The van der Waals surface area contributed by atoms with Gasteiger partial charge in [-0.3, -0.25) is 4.98 Å². The predicted octanol–water partition coefficient (Wildman–Crippen LogP) is 11.1. The molecule has 0 fully saturated rings.